The Hall–Kier alpha value is -0.210. The molecule has 0 saturated carbocycles. The monoisotopic (exact) mass is 189 g/mol. The first-order valence-electron chi connectivity index (χ1n) is 3.82. The molecule has 0 fully saturated rings. The summed E-state index contributed by atoms with van der Waals surface area (Å²) in [5, 5.41) is 20.4. The van der Waals surface area contributed by atoms with Crippen molar-refractivity contribution in [2.24, 2.45) is 0 Å². The molecule has 0 heterocycles. The predicted molar refractivity (Wildman–Crippen MR) is 52.1 cm³/mol. The molecule has 0 saturated heterocycles. The van der Waals surface area contributed by atoms with E-state index in [1.165, 1.54) is 0 Å². The molecule has 0 aliphatic heterocycles. The van der Waals surface area contributed by atoms with Crippen molar-refractivity contribution < 1.29 is 10.2 Å². The van der Waals surface area contributed by atoms with Crippen molar-refractivity contribution in [2.45, 2.75) is 6.10 Å². The van der Waals surface area contributed by atoms with Crippen LogP contribution < -0.4 is 5.32 Å². The number of aliphatic hydroxyl groups is 2. The van der Waals surface area contributed by atoms with E-state index in [9.17, 15) is 0 Å². The van der Waals surface area contributed by atoms with Gasteiger partial charge in [-0.05, 0) is 0 Å². The highest BCUT2D eigenvalue weighted by Gasteiger charge is 1.98. The topological polar surface area (TPSA) is 52.5 Å². The van der Waals surface area contributed by atoms with Crippen molar-refractivity contribution in [3.8, 4) is 12.3 Å². The zero-order valence-electron chi connectivity index (χ0n) is 6.99. The first-order chi connectivity index (χ1) is 5.81. The van der Waals surface area contributed by atoms with Crippen molar-refractivity contribution in [2.75, 3.05) is 31.2 Å². The molecule has 0 radical (unpaired) electrons. The van der Waals surface area contributed by atoms with Gasteiger partial charge in [0.25, 0.3) is 0 Å². The van der Waals surface area contributed by atoms with Crippen molar-refractivity contribution in [1.82, 2.24) is 5.32 Å². The molecular formula is C8H15NO2S. The first-order valence-corrected chi connectivity index (χ1v) is 4.97. The number of nitrogens with one attached hydrogen (secondary N) is 1. The van der Waals surface area contributed by atoms with Crippen LogP contribution in [0.2, 0.25) is 0 Å². The van der Waals surface area contributed by atoms with Crippen LogP contribution in [-0.2, 0) is 0 Å². The summed E-state index contributed by atoms with van der Waals surface area (Å²) in [6.07, 6.45) is 4.40. The smallest absolute Gasteiger partial charge is 0.0894 e. The summed E-state index contributed by atoms with van der Waals surface area (Å²) >= 11 is 1.67. The van der Waals surface area contributed by atoms with Gasteiger partial charge in [0.15, 0.2) is 0 Å². The summed E-state index contributed by atoms with van der Waals surface area (Å²) in [6, 6.07) is 0. The quantitative estimate of drug-likeness (QED) is 0.366. The molecule has 0 rings (SSSR count). The van der Waals surface area contributed by atoms with Crippen molar-refractivity contribution in [3.63, 3.8) is 0 Å². The molecule has 0 aromatic heterocycles. The van der Waals surface area contributed by atoms with Crippen LogP contribution in [-0.4, -0.2) is 47.5 Å². The van der Waals surface area contributed by atoms with Gasteiger partial charge in [0.1, 0.15) is 0 Å². The lowest BCUT2D eigenvalue weighted by atomic mass is 10.4. The Morgan fingerprint density at radius 1 is 1.58 bits per heavy atom. The maximum atomic E-state index is 8.91. The van der Waals surface area contributed by atoms with E-state index >= 15 is 0 Å². The summed E-state index contributed by atoms with van der Waals surface area (Å²) in [5.41, 5.74) is 0. The van der Waals surface area contributed by atoms with E-state index < -0.39 is 6.10 Å². The van der Waals surface area contributed by atoms with E-state index in [4.69, 9.17) is 16.6 Å². The molecule has 70 valence electrons. The second-order valence-corrected chi connectivity index (χ2v) is 3.40. The summed E-state index contributed by atoms with van der Waals surface area (Å²) < 4.78 is 0. The zero-order chi connectivity index (χ0) is 9.23. The van der Waals surface area contributed by atoms with Crippen LogP contribution in [0, 0.1) is 12.3 Å². The number of thioether (sulfide) groups is 1. The third-order valence-electron chi connectivity index (χ3n) is 1.20. The Balaban J connectivity index is 2.96. The standard InChI is InChI=1S/C8H15NO2S/c1-2-4-12-5-3-9-6-8(11)7-10/h1,8-11H,3-7H2/t8-/m0/s1. The summed E-state index contributed by atoms with van der Waals surface area (Å²) in [4.78, 5) is 0. The maximum Gasteiger partial charge on any atom is 0.0894 e. The van der Waals surface area contributed by atoms with Gasteiger partial charge in [-0.25, -0.2) is 0 Å². The van der Waals surface area contributed by atoms with Crippen LogP contribution in [0.3, 0.4) is 0 Å². The Morgan fingerprint density at radius 2 is 2.33 bits per heavy atom. The van der Waals surface area contributed by atoms with Gasteiger partial charge in [0.2, 0.25) is 0 Å². The normalized spacial score (nSPS) is 12.4. The van der Waals surface area contributed by atoms with Gasteiger partial charge in [0.05, 0.1) is 18.5 Å². The van der Waals surface area contributed by atoms with Crippen LogP contribution in [0.15, 0.2) is 0 Å². The molecule has 3 N–H and O–H groups in total. The van der Waals surface area contributed by atoms with E-state index in [-0.39, 0.29) is 6.61 Å². The lowest BCUT2D eigenvalue weighted by Gasteiger charge is -2.07. The molecule has 0 spiro atoms. The number of hydrogen-bond acceptors (Lipinski definition) is 4. The van der Waals surface area contributed by atoms with E-state index in [2.05, 4.69) is 11.2 Å². The molecule has 0 unspecified atom stereocenters. The van der Waals surface area contributed by atoms with E-state index in [1.54, 1.807) is 11.8 Å². The first kappa shape index (κ1) is 11.8. The van der Waals surface area contributed by atoms with Crippen molar-refractivity contribution in [3.05, 3.63) is 0 Å². The van der Waals surface area contributed by atoms with Gasteiger partial charge >= 0.3 is 0 Å². The van der Waals surface area contributed by atoms with Gasteiger partial charge < -0.3 is 15.5 Å². The molecule has 4 heteroatoms. The van der Waals surface area contributed by atoms with Gasteiger partial charge in [-0.15, -0.1) is 18.2 Å². The fourth-order valence-electron chi connectivity index (χ4n) is 0.609. The Labute approximate surface area is 77.6 Å². The molecular weight excluding hydrogens is 174 g/mol. The van der Waals surface area contributed by atoms with Gasteiger partial charge in [-0.1, -0.05) is 5.92 Å². The molecule has 0 aliphatic rings. The van der Waals surface area contributed by atoms with Crippen molar-refractivity contribution in [1.29, 1.82) is 0 Å². The summed E-state index contributed by atoms with van der Waals surface area (Å²) in [5.74, 6) is 4.18. The number of aliphatic hydroxyl groups excluding tert-OH is 2. The lowest BCUT2D eigenvalue weighted by Crippen LogP contribution is -2.30. The number of hydrogen-bond donors (Lipinski definition) is 3. The third-order valence-corrected chi connectivity index (χ3v) is 2.06. The van der Waals surface area contributed by atoms with Gasteiger partial charge in [-0.3, -0.25) is 0 Å². The van der Waals surface area contributed by atoms with Crippen LogP contribution in [0.4, 0.5) is 0 Å². The van der Waals surface area contributed by atoms with E-state index in [1.807, 2.05) is 0 Å². The molecule has 12 heavy (non-hydrogen) atoms. The highest BCUT2D eigenvalue weighted by atomic mass is 32.2. The molecule has 0 amide bonds. The Morgan fingerprint density at radius 3 is 2.92 bits per heavy atom. The van der Waals surface area contributed by atoms with E-state index in [0.29, 0.717) is 6.54 Å². The zero-order valence-corrected chi connectivity index (χ0v) is 7.81. The molecule has 0 bridgehead atoms. The fourth-order valence-corrected chi connectivity index (χ4v) is 1.16. The minimum absolute atomic E-state index is 0.190. The van der Waals surface area contributed by atoms with Gasteiger partial charge in [-0.2, -0.15) is 0 Å². The van der Waals surface area contributed by atoms with Crippen molar-refractivity contribution >= 4 is 11.8 Å². The number of rotatable bonds is 7. The predicted octanol–water partition coefficient (Wildman–Crippen LogP) is -0.704. The summed E-state index contributed by atoms with van der Waals surface area (Å²) in [6.45, 7) is 1.06. The maximum absolute atomic E-state index is 8.91. The molecule has 1 atom stereocenters. The lowest BCUT2D eigenvalue weighted by molar-refractivity contribution is 0.0950. The largest absolute Gasteiger partial charge is 0.394 e. The highest BCUT2D eigenvalue weighted by Crippen LogP contribution is 1.94. The second kappa shape index (κ2) is 8.88. The van der Waals surface area contributed by atoms with Crippen LogP contribution in [0.5, 0.6) is 0 Å². The second-order valence-electron chi connectivity index (χ2n) is 2.30. The fraction of sp³-hybridized carbons (Fsp3) is 0.750. The molecule has 3 nitrogen and oxygen atoms in total. The minimum atomic E-state index is -0.650. The Kier molecular flexibility index (Phi) is 8.73. The van der Waals surface area contributed by atoms with Crippen LogP contribution in [0.25, 0.3) is 0 Å². The van der Waals surface area contributed by atoms with E-state index in [0.717, 1.165) is 18.1 Å². The van der Waals surface area contributed by atoms with Crippen LogP contribution >= 0.6 is 11.8 Å². The molecule has 0 aromatic carbocycles. The minimum Gasteiger partial charge on any atom is -0.394 e. The average molecular weight is 189 g/mol. The van der Waals surface area contributed by atoms with Gasteiger partial charge in [0, 0.05) is 18.8 Å². The average Bonchev–Trinajstić information content (AvgIpc) is 2.10. The van der Waals surface area contributed by atoms with Crippen LogP contribution in [0.1, 0.15) is 0 Å². The molecule has 0 aromatic rings. The number of terminal acetylenes is 1. The highest BCUT2D eigenvalue weighted by molar-refractivity contribution is 7.99. The SMILES string of the molecule is C#CCSCCNC[C@H](O)CO. The Bertz CT molecular complexity index is 136. The third kappa shape index (κ3) is 7.89. The summed E-state index contributed by atoms with van der Waals surface area (Å²) in [7, 11) is 0. The molecule has 0 aliphatic carbocycles.